The molecule has 6 nitrogen and oxygen atoms in total. The molecule has 1 aliphatic rings. The van der Waals surface area contributed by atoms with E-state index in [9.17, 15) is 9.59 Å². The van der Waals surface area contributed by atoms with Crippen molar-refractivity contribution in [2.45, 2.75) is 26.3 Å². The van der Waals surface area contributed by atoms with E-state index in [4.69, 9.17) is 16.3 Å². The smallest absolute Gasteiger partial charge is 0.310 e. The fourth-order valence-corrected chi connectivity index (χ4v) is 3.66. The van der Waals surface area contributed by atoms with E-state index in [0.29, 0.717) is 47.4 Å². The second kappa shape index (κ2) is 8.63. The second-order valence-electron chi connectivity index (χ2n) is 6.95. The molecule has 1 aliphatic heterocycles. The molecule has 1 N–H and O–H groups in total. The summed E-state index contributed by atoms with van der Waals surface area (Å²) in [6.45, 7) is 2.53. The number of aromatic nitrogens is 2. The lowest BCUT2D eigenvalue weighted by molar-refractivity contribution is -0.142. The minimum atomic E-state index is -0.250. The molecular formula is C23H20ClN3O3. The monoisotopic (exact) mass is 421 g/mol. The van der Waals surface area contributed by atoms with Crippen LogP contribution >= 0.6 is 11.6 Å². The molecule has 0 unspecified atom stereocenters. The van der Waals surface area contributed by atoms with Crippen LogP contribution in [0.25, 0.3) is 11.4 Å². The molecule has 0 aliphatic carbocycles. The van der Waals surface area contributed by atoms with E-state index in [1.807, 2.05) is 42.5 Å². The van der Waals surface area contributed by atoms with E-state index in [2.05, 4.69) is 15.3 Å². The van der Waals surface area contributed by atoms with Gasteiger partial charge in [-0.3, -0.25) is 9.59 Å². The van der Waals surface area contributed by atoms with E-state index >= 15 is 0 Å². The third kappa shape index (κ3) is 4.19. The van der Waals surface area contributed by atoms with Gasteiger partial charge in [-0.15, -0.1) is 0 Å². The van der Waals surface area contributed by atoms with E-state index in [1.54, 1.807) is 13.0 Å². The number of esters is 1. The molecule has 0 bridgehead atoms. The number of nitrogens with zero attached hydrogens (tertiary/aromatic N) is 2. The number of rotatable bonds is 6. The standard InChI is InChI=1S/C23H20ClN3O3/c1-2-30-20(28)12-15-9-7-14(8-10-15)11-18-21-19(13-25-23(21)29)27-22(26-18)16-5-3-4-6-17(16)24/h3-10H,2,11-13H2,1H3,(H,25,29). The third-order valence-electron chi connectivity index (χ3n) is 4.87. The van der Waals surface area contributed by atoms with Crippen molar-refractivity contribution in [1.82, 2.24) is 15.3 Å². The summed E-state index contributed by atoms with van der Waals surface area (Å²) in [5.74, 6) is 0.0920. The highest BCUT2D eigenvalue weighted by Gasteiger charge is 2.27. The van der Waals surface area contributed by atoms with Gasteiger partial charge in [0.05, 0.1) is 41.5 Å². The third-order valence-corrected chi connectivity index (χ3v) is 5.20. The van der Waals surface area contributed by atoms with Crippen molar-refractivity contribution in [3.8, 4) is 11.4 Å². The van der Waals surface area contributed by atoms with Gasteiger partial charge in [0.2, 0.25) is 0 Å². The number of fused-ring (bicyclic) bond motifs is 1. The van der Waals surface area contributed by atoms with Crippen LogP contribution in [0, 0.1) is 0 Å². The Hall–Kier alpha value is -3.25. The minimum Gasteiger partial charge on any atom is -0.466 e. The van der Waals surface area contributed by atoms with Gasteiger partial charge in [0.1, 0.15) is 0 Å². The lowest BCUT2D eigenvalue weighted by atomic mass is 10.0. The predicted molar refractivity (Wildman–Crippen MR) is 113 cm³/mol. The van der Waals surface area contributed by atoms with Gasteiger partial charge in [0.25, 0.3) is 5.91 Å². The number of halogens is 1. The van der Waals surface area contributed by atoms with Crippen LogP contribution < -0.4 is 5.32 Å². The highest BCUT2D eigenvalue weighted by Crippen LogP contribution is 2.28. The van der Waals surface area contributed by atoms with Gasteiger partial charge < -0.3 is 10.1 Å². The fourth-order valence-electron chi connectivity index (χ4n) is 3.44. The highest BCUT2D eigenvalue weighted by atomic mass is 35.5. The molecule has 0 fully saturated rings. The molecule has 152 valence electrons. The van der Waals surface area contributed by atoms with Crippen molar-refractivity contribution in [2.75, 3.05) is 6.61 Å². The molecule has 0 saturated heterocycles. The first-order valence-electron chi connectivity index (χ1n) is 9.71. The zero-order chi connectivity index (χ0) is 21.1. The van der Waals surface area contributed by atoms with Crippen LogP contribution in [0.3, 0.4) is 0 Å². The molecule has 0 radical (unpaired) electrons. The predicted octanol–water partition coefficient (Wildman–Crippen LogP) is 3.74. The van der Waals surface area contributed by atoms with Gasteiger partial charge in [0, 0.05) is 12.0 Å². The first-order valence-corrected chi connectivity index (χ1v) is 10.1. The van der Waals surface area contributed by atoms with Crippen molar-refractivity contribution in [2.24, 2.45) is 0 Å². The maximum Gasteiger partial charge on any atom is 0.310 e. The molecular weight excluding hydrogens is 402 g/mol. The molecule has 2 heterocycles. The Morgan fingerprint density at radius 2 is 1.83 bits per heavy atom. The number of hydrogen-bond donors (Lipinski definition) is 1. The number of carbonyl (C=O) groups excluding carboxylic acids is 2. The zero-order valence-electron chi connectivity index (χ0n) is 16.4. The second-order valence-corrected chi connectivity index (χ2v) is 7.36. The highest BCUT2D eigenvalue weighted by molar-refractivity contribution is 6.33. The molecule has 1 aromatic heterocycles. The molecule has 3 aromatic rings. The van der Waals surface area contributed by atoms with Gasteiger partial charge in [-0.05, 0) is 30.2 Å². The number of ether oxygens (including phenoxy) is 1. The summed E-state index contributed by atoms with van der Waals surface area (Å²) in [7, 11) is 0. The molecule has 1 amide bonds. The fraction of sp³-hybridized carbons (Fsp3) is 0.217. The van der Waals surface area contributed by atoms with Crippen LogP contribution in [0.15, 0.2) is 48.5 Å². The van der Waals surface area contributed by atoms with Crippen LogP contribution in [0.1, 0.15) is 39.8 Å². The Bertz CT molecular complexity index is 1110. The van der Waals surface area contributed by atoms with Crippen molar-refractivity contribution in [1.29, 1.82) is 0 Å². The summed E-state index contributed by atoms with van der Waals surface area (Å²) < 4.78 is 4.99. The summed E-state index contributed by atoms with van der Waals surface area (Å²) in [4.78, 5) is 33.3. The normalized spacial score (nSPS) is 12.4. The van der Waals surface area contributed by atoms with Crippen LogP contribution in [0.4, 0.5) is 0 Å². The number of amides is 1. The SMILES string of the molecule is CCOC(=O)Cc1ccc(Cc2nc(-c3ccccc3Cl)nc3c2C(=O)NC3)cc1. The van der Waals surface area contributed by atoms with E-state index in [-0.39, 0.29) is 18.3 Å². The summed E-state index contributed by atoms with van der Waals surface area (Å²) in [5, 5.41) is 3.38. The Morgan fingerprint density at radius 1 is 1.10 bits per heavy atom. The largest absolute Gasteiger partial charge is 0.466 e. The quantitative estimate of drug-likeness (QED) is 0.613. The van der Waals surface area contributed by atoms with Crippen LogP contribution in [-0.4, -0.2) is 28.5 Å². The van der Waals surface area contributed by atoms with Gasteiger partial charge in [-0.1, -0.05) is 48.0 Å². The lowest BCUT2D eigenvalue weighted by Crippen LogP contribution is -2.14. The Labute approximate surface area is 179 Å². The first-order chi connectivity index (χ1) is 14.5. The van der Waals surface area contributed by atoms with E-state index in [0.717, 1.165) is 16.7 Å². The van der Waals surface area contributed by atoms with Crippen molar-refractivity contribution in [3.63, 3.8) is 0 Å². The Kier molecular flexibility index (Phi) is 5.77. The zero-order valence-corrected chi connectivity index (χ0v) is 17.2. The first kappa shape index (κ1) is 20.0. The Balaban J connectivity index is 1.65. The molecule has 30 heavy (non-hydrogen) atoms. The summed E-state index contributed by atoms with van der Waals surface area (Å²) in [5.41, 5.74) is 4.45. The van der Waals surface area contributed by atoms with Crippen LogP contribution in [-0.2, 0) is 28.9 Å². The molecule has 4 rings (SSSR count). The molecule has 0 spiro atoms. The van der Waals surface area contributed by atoms with Gasteiger partial charge in [-0.25, -0.2) is 9.97 Å². The summed E-state index contributed by atoms with van der Waals surface area (Å²) in [6, 6.07) is 15.0. The molecule has 0 atom stereocenters. The summed E-state index contributed by atoms with van der Waals surface area (Å²) in [6.07, 6.45) is 0.700. The number of nitrogens with one attached hydrogen (secondary N) is 1. The average Bonchev–Trinajstić information content (AvgIpc) is 3.11. The van der Waals surface area contributed by atoms with Crippen molar-refractivity contribution < 1.29 is 14.3 Å². The van der Waals surface area contributed by atoms with E-state index in [1.165, 1.54) is 0 Å². The minimum absolute atomic E-state index is 0.162. The van der Waals surface area contributed by atoms with Crippen molar-refractivity contribution >= 4 is 23.5 Å². The topological polar surface area (TPSA) is 81.2 Å². The van der Waals surface area contributed by atoms with Gasteiger partial charge in [-0.2, -0.15) is 0 Å². The Morgan fingerprint density at radius 3 is 2.57 bits per heavy atom. The van der Waals surface area contributed by atoms with Crippen LogP contribution in [0.5, 0.6) is 0 Å². The number of benzene rings is 2. The molecule has 7 heteroatoms. The lowest BCUT2D eigenvalue weighted by Gasteiger charge is -2.10. The summed E-state index contributed by atoms with van der Waals surface area (Å²) >= 11 is 6.33. The maximum atomic E-state index is 12.4. The average molecular weight is 422 g/mol. The molecule has 0 saturated carbocycles. The van der Waals surface area contributed by atoms with Gasteiger partial charge >= 0.3 is 5.97 Å². The number of carbonyl (C=O) groups is 2. The van der Waals surface area contributed by atoms with Crippen LogP contribution in [0.2, 0.25) is 5.02 Å². The maximum absolute atomic E-state index is 12.4. The van der Waals surface area contributed by atoms with Gasteiger partial charge in [0.15, 0.2) is 5.82 Å². The molecule has 2 aromatic carbocycles. The number of hydrogen-bond acceptors (Lipinski definition) is 5. The van der Waals surface area contributed by atoms with E-state index < -0.39 is 0 Å². The van der Waals surface area contributed by atoms with Crippen molar-refractivity contribution in [3.05, 3.63) is 81.6 Å².